The monoisotopic (exact) mass is 467 g/mol. The van der Waals surface area contributed by atoms with Gasteiger partial charge >= 0.3 is 5.97 Å². The average molecular weight is 468 g/mol. The second kappa shape index (κ2) is 10.9. The molecule has 3 rings (SSSR count). The first-order valence-electron chi connectivity index (χ1n) is 10.5. The van der Waals surface area contributed by atoms with Gasteiger partial charge in [-0.3, -0.25) is 9.59 Å². The van der Waals surface area contributed by atoms with Crippen LogP contribution in [0, 0.1) is 6.92 Å². The molecule has 1 N–H and O–H groups in total. The van der Waals surface area contributed by atoms with Gasteiger partial charge in [0.15, 0.2) is 17.7 Å². The van der Waals surface area contributed by atoms with Crippen LogP contribution in [0.4, 0.5) is 5.69 Å². The maximum atomic E-state index is 12.9. The van der Waals surface area contributed by atoms with Crippen molar-refractivity contribution in [3.05, 3.63) is 59.5 Å². The van der Waals surface area contributed by atoms with Crippen LogP contribution in [-0.2, 0) is 9.53 Å². The van der Waals surface area contributed by atoms with E-state index in [9.17, 15) is 14.4 Å². The quantitative estimate of drug-likeness (QED) is 0.204. The highest BCUT2D eigenvalue weighted by Crippen LogP contribution is 2.26. The topological polar surface area (TPSA) is 111 Å². The second-order valence-electron chi connectivity index (χ2n) is 7.28. The van der Waals surface area contributed by atoms with Crippen LogP contribution < -0.4 is 5.32 Å². The molecule has 0 radical (unpaired) electrons. The molecule has 0 saturated heterocycles. The number of amides is 1. The molecule has 2 aromatic heterocycles. The van der Waals surface area contributed by atoms with E-state index in [0.717, 1.165) is 6.42 Å². The van der Waals surface area contributed by atoms with Crippen LogP contribution >= 0.6 is 11.8 Å². The summed E-state index contributed by atoms with van der Waals surface area (Å²) in [6, 6.07) is 9.94. The predicted molar refractivity (Wildman–Crippen MR) is 125 cm³/mol. The summed E-state index contributed by atoms with van der Waals surface area (Å²) < 4.78 is 10.8. The highest BCUT2D eigenvalue weighted by Gasteiger charge is 2.25. The third kappa shape index (κ3) is 5.87. The Balaban J connectivity index is 1.72. The van der Waals surface area contributed by atoms with Crippen molar-refractivity contribution in [3.8, 4) is 11.6 Å². The van der Waals surface area contributed by atoms with E-state index in [1.165, 1.54) is 24.9 Å². The Bertz CT molecular complexity index is 1140. The van der Waals surface area contributed by atoms with Gasteiger partial charge in [-0.2, -0.15) is 0 Å². The fraction of sp³-hybridized carbons (Fsp3) is 0.292. The van der Waals surface area contributed by atoms with E-state index >= 15 is 0 Å². The molecule has 0 aliphatic carbocycles. The smallest absolute Gasteiger partial charge is 0.343 e. The number of nitrogens with zero attached hydrogens (tertiary/aromatic N) is 2. The molecular weight excluding hydrogens is 442 g/mol. The zero-order valence-electron chi connectivity index (χ0n) is 18.9. The van der Waals surface area contributed by atoms with E-state index in [0.29, 0.717) is 40.0 Å². The Morgan fingerprint density at radius 3 is 2.48 bits per heavy atom. The molecule has 0 aliphatic heterocycles. The predicted octanol–water partition coefficient (Wildman–Crippen LogP) is 4.93. The lowest BCUT2D eigenvalue weighted by Gasteiger charge is -2.15. The molecule has 0 bridgehead atoms. The zero-order valence-corrected chi connectivity index (χ0v) is 19.7. The molecule has 9 heteroatoms. The molecule has 0 saturated carbocycles. The highest BCUT2D eigenvalue weighted by atomic mass is 32.2. The van der Waals surface area contributed by atoms with Crippen molar-refractivity contribution >= 4 is 35.1 Å². The number of carbonyl (C=O) groups excluding carboxylic acids is 3. The number of furan rings is 1. The average Bonchev–Trinajstić information content (AvgIpc) is 3.33. The molecule has 2 heterocycles. The van der Waals surface area contributed by atoms with E-state index in [2.05, 4.69) is 15.3 Å². The lowest BCUT2D eigenvalue weighted by atomic mass is 10.1. The number of hydrogen-bond donors (Lipinski definition) is 1. The second-order valence-corrected chi connectivity index (χ2v) is 8.08. The first kappa shape index (κ1) is 24.2. The fourth-order valence-electron chi connectivity index (χ4n) is 3.12. The minimum Gasteiger partial charge on any atom is -0.461 e. The van der Waals surface area contributed by atoms with Crippen molar-refractivity contribution in [3.63, 3.8) is 0 Å². The van der Waals surface area contributed by atoms with Gasteiger partial charge in [-0.15, -0.1) is 11.8 Å². The number of Topliss-reactive ketones (excluding diaryl/α,β-unsaturated/α-hetero) is 1. The first-order valence-corrected chi connectivity index (χ1v) is 11.7. The Morgan fingerprint density at radius 2 is 1.88 bits per heavy atom. The van der Waals surface area contributed by atoms with Crippen LogP contribution in [0.5, 0.6) is 0 Å². The van der Waals surface area contributed by atoms with Gasteiger partial charge in [-0.25, -0.2) is 14.8 Å². The number of esters is 1. The standard InChI is InChI=1S/C24H25N3O5S/c1-5-7-19(28)26-17-11-9-16(10-12-17)21(29)15(3)32-24(30)20-14(2)25-22(27-23(20)33-4)18-8-6-13-31-18/h6,8-13,15H,5,7H2,1-4H3,(H,26,28)/t15-/m0/s1. The Kier molecular flexibility index (Phi) is 8.00. The zero-order chi connectivity index (χ0) is 24.0. The van der Waals surface area contributed by atoms with Crippen molar-refractivity contribution in [1.82, 2.24) is 9.97 Å². The number of ether oxygens (including phenoxy) is 1. The highest BCUT2D eigenvalue weighted by molar-refractivity contribution is 7.98. The number of ketones is 1. The summed E-state index contributed by atoms with van der Waals surface area (Å²) in [7, 11) is 0. The van der Waals surface area contributed by atoms with Gasteiger partial charge in [-0.05, 0) is 62.9 Å². The van der Waals surface area contributed by atoms with Gasteiger partial charge in [0.1, 0.15) is 10.6 Å². The number of anilines is 1. The maximum Gasteiger partial charge on any atom is 0.343 e. The van der Waals surface area contributed by atoms with Crippen LogP contribution in [-0.4, -0.2) is 40.0 Å². The van der Waals surface area contributed by atoms with Crippen LogP contribution in [0.3, 0.4) is 0 Å². The minimum atomic E-state index is -1.02. The number of benzene rings is 1. The van der Waals surface area contributed by atoms with Gasteiger partial charge in [0, 0.05) is 17.7 Å². The molecular formula is C24H25N3O5S. The molecule has 1 aromatic carbocycles. The van der Waals surface area contributed by atoms with Gasteiger partial charge in [-0.1, -0.05) is 6.92 Å². The Labute approximate surface area is 196 Å². The SMILES string of the molecule is CCCC(=O)Nc1ccc(C(=O)[C@H](C)OC(=O)c2c(C)nc(-c3ccco3)nc2SC)cc1. The summed E-state index contributed by atoms with van der Waals surface area (Å²) in [5.74, 6) is -0.252. The van der Waals surface area contributed by atoms with E-state index in [1.807, 2.05) is 6.92 Å². The van der Waals surface area contributed by atoms with Gasteiger partial charge < -0.3 is 14.5 Å². The number of aromatic nitrogens is 2. The van der Waals surface area contributed by atoms with Gasteiger partial charge in [0.25, 0.3) is 0 Å². The lowest BCUT2D eigenvalue weighted by Crippen LogP contribution is -2.25. The van der Waals surface area contributed by atoms with Crippen molar-refractivity contribution < 1.29 is 23.5 Å². The van der Waals surface area contributed by atoms with Crippen LogP contribution in [0.2, 0.25) is 0 Å². The molecule has 3 aromatic rings. The van der Waals surface area contributed by atoms with Gasteiger partial charge in [0.05, 0.1) is 12.0 Å². The minimum absolute atomic E-state index is 0.0841. The summed E-state index contributed by atoms with van der Waals surface area (Å²) in [6.07, 6.45) is 3.47. The van der Waals surface area contributed by atoms with Crippen LogP contribution in [0.1, 0.15) is 53.1 Å². The summed E-state index contributed by atoms with van der Waals surface area (Å²) in [6.45, 7) is 5.12. The number of hydrogen-bond acceptors (Lipinski definition) is 8. The molecule has 0 fully saturated rings. The third-order valence-electron chi connectivity index (χ3n) is 4.78. The third-order valence-corrected chi connectivity index (χ3v) is 5.46. The van der Waals surface area contributed by atoms with Crippen molar-refractivity contribution in [2.75, 3.05) is 11.6 Å². The molecule has 8 nitrogen and oxygen atoms in total. The van der Waals surface area contributed by atoms with Gasteiger partial charge in [0.2, 0.25) is 11.7 Å². The van der Waals surface area contributed by atoms with Crippen molar-refractivity contribution in [1.29, 1.82) is 0 Å². The van der Waals surface area contributed by atoms with E-state index in [4.69, 9.17) is 9.15 Å². The molecule has 172 valence electrons. The molecule has 0 spiro atoms. The Morgan fingerprint density at radius 1 is 1.15 bits per heavy atom. The number of rotatable bonds is 9. The molecule has 33 heavy (non-hydrogen) atoms. The number of carbonyl (C=O) groups is 3. The molecule has 1 atom stereocenters. The van der Waals surface area contributed by atoms with Crippen LogP contribution in [0.15, 0.2) is 52.1 Å². The van der Waals surface area contributed by atoms with Crippen molar-refractivity contribution in [2.45, 2.75) is 44.7 Å². The van der Waals surface area contributed by atoms with E-state index in [1.54, 1.807) is 49.6 Å². The summed E-state index contributed by atoms with van der Waals surface area (Å²) >= 11 is 1.28. The van der Waals surface area contributed by atoms with Crippen molar-refractivity contribution in [2.24, 2.45) is 0 Å². The van der Waals surface area contributed by atoms with E-state index in [-0.39, 0.29) is 17.3 Å². The molecule has 0 aliphatic rings. The summed E-state index contributed by atoms with van der Waals surface area (Å²) in [4.78, 5) is 46.2. The Hall–Kier alpha value is -3.46. The van der Waals surface area contributed by atoms with E-state index < -0.39 is 12.1 Å². The summed E-state index contributed by atoms with van der Waals surface area (Å²) in [5.41, 5.74) is 1.61. The maximum absolute atomic E-state index is 12.9. The first-order chi connectivity index (χ1) is 15.8. The summed E-state index contributed by atoms with van der Waals surface area (Å²) in [5, 5.41) is 3.20. The largest absolute Gasteiger partial charge is 0.461 e. The number of nitrogens with one attached hydrogen (secondary N) is 1. The fourth-order valence-corrected chi connectivity index (χ4v) is 3.73. The normalized spacial score (nSPS) is 11.6. The lowest BCUT2D eigenvalue weighted by molar-refractivity contribution is -0.116. The number of aryl methyl sites for hydroxylation is 1. The number of thioether (sulfide) groups is 1. The van der Waals surface area contributed by atoms with Crippen LogP contribution in [0.25, 0.3) is 11.6 Å². The molecule has 1 amide bonds. The molecule has 0 unspecified atom stereocenters.